The molecule has 0 radical (unpaired) electrons. The summed E-state index contributed by atoms with van der Waals surface area (Å²) in [6, 6.07) is 0. The van der Waals surface area contributed by atoms with Crippen LogP contribution in [0, 0.1) is 0 Å². The Morgan fingerprint density at radius 3 is 0.797 bits per heavy atom. The summed E-state index contributed by atoms with van der Waals surface area (Å²) in [5.74, 6) is -0.893. The van der Waals surface area contributed by atoms with Crippen LogP contribution in [0.1, 0.15) is 329 Å². The van der Waals surface area contributed by atoms with E-state index in [9.17, 15) is 14.4 Å². The van der Waals surface area contributed by atoms with Crippen LogP contribution in [-0.2, 0) is 28.6 Å². The number of hydrogen-bond acceptors (Lipinski definition) is 6. The van der Waals surface area contributed by atoms with Gasteiger partial charge in [0.1, 0.15) is 13.2 Å². The van der Waals surface area contributed by atoms with E-state index in [2.05, 4.69) is 118 Å². The SMILES string of the molecule is CC/C=C\C/C=C\C/C=C\C/C=C\C/C=C\CCCCCCCCCC(=O)OCC(COC(=O)CCCCCCCCCCCCCCCCCCCCC)OC(=O)CCCCCCCC/C=C\C/C=C\C/C=C\CCCCC. The van der Waals surface area contributed by atoms with Crippen LogP contribution >= 0.6 is 0 Å². The Morgan fingerprint density at radius 1 is 0.266 bits per heavy atom. The lowest BCUT2D eigenvalue weighted by atomic mass is 10.0. The van der Waals surface area contributed by atoms with Gasteiger partial charge in [0.15, 0.2) is 6.10 Å². The summed E-state index contributed by atoms with van der Waals surface area (Å²) in [4.78, 5) is 38.4. The van der Waals surface area contributed by atoms with Gasteiger partial charge >= 0.3 is 17.9 Å². The van der Waals surface area contributed by atoms with Gasteiger partial charge in [-0.3, -0.25) is 14.4 Å². The molecule has 0 bridgehead atoms. The standard InChI is InChI=1S/C73H126O6/c1-4-7-10-13-16-19-22-25-28-31-34-35-36-37-40-42-45-48-51-54-57-60-63-66-72(75)78-69-70(79-73(76)67-64-61-58-55-52-49-46-43-39-33-30-27-24-21-18-15-12-9-6-3)68-77-71(74)65-62-59-56-53-50-47-44-41-38-32-29-26-23-20-17-14-11-8-5-2/h7,10,16,18-19,21,25,27-28,30,34-35,37,39-40,43,70H,4-6,8-9,11-15,17,20,22-24,26,29,31-33,36,38,41-42,44-69H2,1-3H3/b10-7-,19-16-,21-18-,28-25-,30-27-,35-34-,40-37-,43-39-. The van der Waals surface area contributed by atoms with Gasteiger partial charge in [-0.25, -0.2) is 0 Å². The molecule has 0 aliphatic heterocycles. The van der Waals surface area contributed by atoms with Crippen LogP contribution in [0.5, 0.6) is 0 Å². The molecule has 0 N–H and O–H groups in total. The van der Waals surface area contributed by atoms with Crippen molar-refractivity contribution in [2.75, 3.05) is 13.2 Å². The molecule has 6 nitrogen and oxygen atoms in total. The summed E-state index contributed by atoms with van der Waals surface area (Å²) in [5.41, 5.74) is 0. The van der Waals surface area contributed by atoms with Crippen molar-refractivity contribution >= 4 is 17.9 Å². The van der Waals surface area contributed by atoms with Gasteiger partial charge in [-0.15, -0.1) is 0 Å². The third-order valence-corrected chi connectivity index (χ3v) is 14.6. The van der Waals surface area contributed by atoms with Gasteiger partial charge in [-0.1, -0.05) is 304 Å². The van der Waals surface area contributed by atoms with Crippen molar-refractivity contribution in [3.8, 4) is 0 Å². The fourth-order valence-corrected chi connectivity index (χ4v) is 9.54. The van der Waals surface area contributed by atoms with E-state index in [0.717, 1.165) is 122 Å². The Labute approximate surface area is 489 Å². The number of rotatable bonds is 61. The molecular formula is C73H126O6. The molecule has 0 aromatic carbocycles. The molecule has 0 heterocycles. The third-order valence-electron chi connectivity index (χ3n) is 14.6. The van der Waals surface area contributed by atoms with Gasteiger partial charge in [-0.05, 0) is 103 Å². The molecule has 1 unspecified atom stereocenters. The second kappa shape index (κ2) is 66.8. The Hall–Kier alpha value is -3.67. The molecule has 0 aliphatic rings. The molecule has 0 saturated carbocycles. The van der Waals surface area contributed by atoms with Crippen LogP contribution in [0.3, 0.4) is 0 Å². The molecule has 0 spiro atoms. The molecule has 0 fully saturated rings. The second-order valence-corrected chi connectivity index (χ2v) is 22.4. The van der Waals surface area contributed by atoms with Crippen molar-refractivity contribution in [1.29, 1.82) is 0 Å². The highest BCUT2D eigenvalue weighted by Gasteiger charge is 2.19. The number of esters is 3. The normalized spacial score (nSPS) is 12.7. The highest BCUT2D eigenvalue weighted by Crippen LogP contribution is 2.17. The van der Waals surface area contributed by atoms with Gasteiger partial charge in [0, 0.05) is 19.3 Å². The largest absolute Gasteiger partial charge is 0.462 e. The van der Waals surface area contributed by atoms with Crippen molar-refractivity contribution < 1.29 is 28.6 Å². The minimum absolute atomic E-state index is 0.0840. The van der Waals surface area contributed by atoms with E-state index in [1.165, 1.54) is 167 Å². The van der Waals surface area contributed by atoms with E-state index in [1.54, 1.807) is 0 Å². The van der Waals surface area contributed by atoms with Crippen LogP contribution in [0.4, 0.5) is 0 Å². The summed E-state index contributed by atoms with van der Waals surface area (Å²) in [6.45, 7) is 6.52. The average molecular weight is 1100 g/mol. The fraction of sp³-hybridized carbons (Fsp3) is 0.740. The first kappa shape index (κ1) is 75.3. The molecule has 0 amide bonds. The fourth-order valence-electron chi connectivity index (χ4n) is 9.54. The van der Waals surface area contributed by atoms with E-state index in [4.69, 9.17) is 14.2 Å². The molecule has 79 heavy (non-hydrogen) atoms. The van der Waals surface area contributed by atoms with Crippen molar-refractivity contribution in [3.05, 3.63) is 97.2 Å². The zero-order valence-corrected chi connectivity index (χ0v) is 52.1. The number of ether oxygens (including phenoxy) is 3. The van der Waals surface area contributed by atoms with Crippen molar-refractivity contribution in [2.45, 2.75) is 335 Å². The summed E-state index contributed by atoms with van der Waals surface area (Å²) in [6.07, 6.45) is 89.8. The quantitative estimate of drug-likeness (QED) is 0.0261. The molecule has 0 saturated heterocycles. The third kappa shape index (κ3) is 65.0. The lowest BCUT2D eigenvalue weighted by Gasteiger charge is -2.18. The van der Waals surface area contributed by atoms with E-state index < -0.39 is 6.10 Å². The Balaban J connectivity index is 4.41. The van der Waals surface area contributed by atoms with Gasteiger partial charge in [0.2, 0.25) is 0 Å². The first-order chi connectivity index (χ1) is 39.0. The Morgan fingerprint density at radius 2 is 0.494 bits per heavy atom. The smallest absolute Gasteiger partial charge is 0.306 e. The minimum atomic E-state index is -0.791. The maximum absolute atomic E-state index is 12.9. The zero-order valence-electron chi connectivity index (χ0n) is 52.1. The number of carbonyl (C=O) groups is 3. The van der Waals surface area contributed by atoms with Gasteiger partial charge in [0.25, 0.3) is 0 Å². The van der Waals surface area contributed by atoms with Crippen molar-refractivity contribution in [1.82, 2.24) is 0 Å². The number of carbonyl (C=O) groups excluding carboxylic acids is 3. The van der Waals surface area contributed by atoms with E-state index in [1.807, 2.05) is 0 Å². The summed E-state index contributed by atoms with van der Waals surface area (Å²) in [7, 11) is 0. The van der Waals surface area contributed by atoms with Crippen molar-refractivity contribution in [2.24, 2.45) is 0 Å². The topological polar surface area (TPSA) is 78.9 Å². The zero-order chi connectivity index (χ0) is 57.1. The van der Waals surface area contributed by atoms with Crippen LogP contribution in [0.25, 0.3) is 0 Å². The van der Waals surface area contributed by atoms with E-state index >= 15 is 0 Å². The molecular weight excluding hydrogens is 973 g/mol. The van der Waals surface area contributed by atoms with Crippen molar-refractivity contribution in [3.63, 3.8) is 0 Å². The van der Waals surface area contributed by atoms with Crippen LogP contribution < -0.4 is 0 Å². The lowest BCUT2D eigenvalue weighted by Crippen LogP contribution is -2.30. The van der Waals surface area contributed by atoms with Gasteiger partial charge in [-0.2, -0.15) is 0 Å². The van der Waals surface area contributed by atoms with E-state index in [0.29, 0.717) is 19.3 Å². The highest BCUT2D eigenvalue weighted by molar-refractivity contribution is 5.71. The maximum Gasteiger partial charge on any atom is 0.306 e. The van der Waals surface area contributed by atoms with E-state index in [-0.39, 0.29) is 31.1 Å². The summed E-state index contributed by atoms with van der Waals surface area (Å²) in [5, 5.41) is 0. The molecule has 1 atom stereocenters. The summed E-state index contributed by atoms with van der Waals surface area (Å²) >= 11 is 0. The number of hydrogen-bond donors (Lipinski definition) is 0. The Bertz CT molecular complexity index is 1540. The first-order valence-electron chi connectivity index (χ1n) is 33.7. The van der Waals surface area contributed by atoms with Gasteiger partial charge < -0.3 is 14.2 Å². The molecule has 0 aliphatic carbocycles. The number of unbranched alkanes of at least 4 members (excludes halogenated alkanes) is 34. The van der Waals surface area contributed by atoms with Crippen LogP contribution in [0.2, 0.25) is 0 Å². The minimum Gasteiger partial charge on any atom is -0.462 e. The predicted molar refractivity (Wildman–Crippen MR) is 344 cm³/mol. The molecule has 0 aromatic heterocycles. The average Bonchev–Trinajstić information content (AvgIpc) is 3.45. The van der Waals surface area contributed by atoms with Crippen LogP contribution in [-0.4, -0.2) is 37.2 Å². The molecule has 0 aromatic rings. The molecule has 0 rings (SSSR count). The van der Waals surface area contributed by atoms with Crippen LogP contribution in [0.15, 0.2) is 97.2 Å². The lowest BCUT2D eigenvalue weighted by molar-refractivity contribution is -0.167. The Kier molecular flexibility index (Phi) is 63.7. The number of allylic oxidation sites excluding steroid dienone is 16. The second-order valence-electron chi connectivity index (χ2n) is 22.4. The first-order valence-corrected chi connectivity index (χ1v) is 33.7. The molecule has 454 valence electrons. The summed E-state index contributed by atoms with van der Waals surface area (Å²) < 4.78 is 17.0. The highest BCUT2D eigenvalue weighted by atomic mass is 16.6. The maximum atomic E-state index is 12.9. The monoisotopic (exact) mass is 1100 g/mol. The van der Waals surface area contributed by atoms with Gasteiger partial charge in [0.05, 0.1) is 0 Å². The molecule has 6 heteroatoms. The predicted octanol–water partition coefficient (Wildman–Crippen LogP) is 23.2.